The molecule has 1 rings (SSSR count). The van der Waals surface area contributed by atoms with Gasteiger partial charge in [-0.3, -0.25) is 19.3 Å². The fraction of sp³-hybridized carbons (Fsp3) is 0.636. The highest BCUT2D eigenvalue weighted by Gasteiger charge is 2.41. The predicted octanol–water partition coefficient (Wildman–Crippen LogP) is 0.504. The number of aliphatic carboxylic acids is 1. The molecule has 0 saturated carbocycles. The van der Waals surface area contributed by atoms with E-state index < -0.39 is 29.7 Å². The van der Waals surface area contributed by atoms with Crippen molar-refractivity contribution in [3.63, 3.8) is 0 Å². The normalized spacial score (nSPS) is 20.9. The Bertz CT molecular complexity index is 395. The number of carbonyl (C=O) groups is 4. The van der Waals surface area contributed by atoms with E-state index in [1.807, 2.05) is 0 Å². The average Bonchev–Trinajstić information content (AvgIpc) is 2.67. The number of amides is 2. The summed E-state index contributed by atoms with van der Waals surface area (Å²) in [6.07, 6.45) is 0.238. The first-order valence-electron chi connectivity index (χ1n) is 5.56. The van der Waals surface area contributed by atoms with Gasteiger partial charge in [-0.1, -0.05) is 18.7 Å². The van der Waals surface area contributed by atoms with Crippen LogP contribution in [0, 0.1) is 5.92 Å². The van der Waals surface area contributed by atoms with E-state index >= 15 is 0 Å². The number of rotatable bonds is 4. The Morgan fingerprint density at radius 2 is 2.11 bits per heavy atom. The maximum atomic E-state index is 12.0. The fourth-order valence-corrected chi connectivity index (χ4v) is 2.37. The first kappa shape index (κ1) is 14.7. The quantitative estimate of drug-likeness (QED) is 0.802. The number of carboxylic acids is 1. The van der Waals surface area contributed by atoms with E-state index in [9.17, 15) is 19.2 Å². The summed E-state index contributed by atoms with van der Waals surface area (Å²) in [5.41, 5.74) is 0. The summed E-state index contributed by atoms with van der Waals surface area (Å²) >= 11 is 0.992. The van der Waals surface area contributed by atoms with E-state index in [-0.39, 0.29) is 23.7 Å². The van der Waals surface area contributed by atoms with Gasteiger partial charge in [0.05, 0.1) is 0 Å². The van der Waals surface area contributed by atoms with Gasteiger partial charge in [-0.25, -0.2) is 4.79 Å². The molecular weight excluding hydrogens is 258 g/mol. The molecule has 1 unspecified atom stereocenters. The average molecular weight is 273 g/mol. The van der Waals surface area contributed by atoms with Crippen molar-refractivity contribution in [2.75, 3.05) is 5.75 Å². The van der Waals surface area contributed by atoms with Crippen LogP contribution in [0.3, 0.4) is 0 Å². The Balaban J connectivity index is 2.71. The lowest BCUT2D eigenvalue weighted by Gasteiger charge is -2.22. The summed E-state index contributed by atoms with van der Waals surface area (Å²) in [6.45, 7) is 2.98. The maximum absolute atomic E-state index is 12.0. The fourth-order valence-electron chi connectivity index (χ4n) is 1.75. The van der Waals surface area contributed by atoms with Crippen LogP contribution in [0.25, 0.3) is 0 Å². The minimum absolute atomic E-state index is 0.0786. The molecule has 0 bridgehead atoms. The second-order valence-electron chi connectivity index (χ2n) is 4.20. The van der Waals surface area contributed by atoms with Gasteiger partial charge in [0.2, 0.25) is 11.8 Å². The van der Waals surface area contributed by atoms with Crippen molar-refractivity contribution >= 4 is 34.7 Å². The molecule has 1 aliphatic rings. The molecule has 0 radical (unpaired) electrons. The van der Waals surface area contributed by atoms with E-state index in [2.05, 4.69) is 0 Å². The van der Waals surface area contributed by atoms with Crippen molar-refractivity contribution in [2.45, 2.75) is 32.7 Å². The van der Waals surface area contributed by atoms with Crippen LogP contribution in [0.2, 0.25) is 0 Å². The van der Waals surface area contributed by atoms with Gasteiger partial charge in [-0.05, 0) is 6.42 Å². The Hall–Kier alpha value is -1.37. The van der Waals surface area contributed by atoms with Crippen molar-refractivity contribution < 1.29 is 24.3 Å². The number of nitrogens with zero attached hydrogens (tertiary/aromatic N) is 1. The second kappa shape index (κ2) is 5.99. The maximum Gasteiger partial charge on any atom is 0.326 e. The number of likely N-dealkylation sites (tertiary alicyclic amines) is 1. The highest BCUT2D eigenvalue weighted by atomic mass is 32.2. The lowest BCUT2D eigenvalue weighted by atomic mass is 10.1. The molecule has 0 aromatic rings. The van der Waals surface area contributed by atoms with Gasteiger partial charge in [-0.2, -0.15) is 0 Å². The van der Waals surface area contributed by atoms with Gasteiger partial charge < -0.3 is 5.11 Å². The van der Waals surface area contributed by atoms with Crippen molar-refractivity contribution in [2.24, 2.45) is 5.92 Å². The first-order valence-corrected chi connectivity index (χ1v) is 6.55. The minimum Gasteiger partial charge on any atom is -0.480 e. The molecule has 1 fully saturated rings. The van der Waals surface area contributed by atoms with Gasteiger partial charge in [0.1, 0.15) is 6.04 Å². The standard InChI is InChI=1S/C11H15NO5S/c1-6(5-18-7(2)13)10(15)12-8(11(16)17)3-4-9(12)14/h6,8H,3-5H2,1-2H3,(H,16,17)/t6?,8-/m0/s1. The summed E-state index contributed by atoms with van der Waals surface area (Å²) in [7, 11) is 0. The summed E-state index contributed by atoms with van der Waals surface area (Å²) in [6, 6.07) is -1.06. The molecule has 0 aliphatic carbocycles. The predicted molar refractivity (Wildman–Crippen MR) is 64.8 cm³/mol. The smallest absolute Gasteiger partial charge is 0.326 e. The molecule has 18 heavy (non-hydrogen) atoms. The van der Waals surface area contributed by atoms with Crippen LogP contribution in [-0.2, 0) is 19.2 Å². The van der Waals surface area contributed by atoms with E-state index in [0.29, 0.717) is 0 Å². The van der Waals surface area contributed by atoms with Gasteiger partial charge >= 0.3 is 5.97 Å². The van der Waals surface area contributed by atoms with Crippen LogP contribution in [0.15, 0.2) is 0 Å². The van der Waals surface area contributed by atoms with Gasteiger partial charge in [0.15, 0.2) is 5.12 Å². The molecule has 7 heteroatoms. The minimum atomic E-state index is -1.17. The van der Waals surface area contributed by atoms with E-state index in [0.717, 1.165) is 16.7 Å². The second-order valence-corrected chi connectivity index (χ2v) is 5.40. The monoisotopic (exact) mass is 273 g/mol. The van der Waals surface area contributed by atoms with E-state index in [1.54, 1.807) is 6.92 Å². The zero-order valence-electron chi connectivity index (χ0n) is 10.2. The van der Waals surface area contributed by atoms with E-state index in [4.69, 9.17) is 5.11 Å². The van der Waals surface area contributed by atoms with Gasteiger partial charge in [0, 0.05) is 25.0 Å². The number of carbonyl (C=O) groups excluding carboxylic acids is 3. The largest absolute Gasteiger partial charge is 0.480 e. The van der Waals surface area contributed by atoms with E-state index in [1.165, 1.54) is 6.92 Å². The molecule has 100 valence electrons. The van der Waals surface area contributed by atoms with Crippen molar-refractivity contribution in [1.29, 1.82) is 0 Å². The number of imide groups is 1. The number of thioether (sulfide) groups is 1. The number of hydrogen-bond donors (Lipinski definition) is 1. The zero-order chi connectivity index (χ0) is 13.9. The summed E-state index contributed by atoms with van der Waals surface area (Å²) in [5, 5.41) is 8.83. The molecule has 1 heterocycles. The lowest BCUT2D eigenvalue weighted by molar-refractivity contribution is -0.155. The zero-order valence-corrected chi connectivity index (χ0v) is 11.0. The van der Waals surface area contributed by atoms with Crippen molar-refractivity contribution in [3.05, 3.63) is 0 Å². The summed E-state index contributed by atoms with van der Waals surface area (Å²) in [5.74, 6) is -2.43. The van der Waals surface area contributed by atoms with Crippen LogP contribution >= 0.6 is 11.8 Å². The van der Waals surface area contributed by atoms with Crippen molar-refractivity contribution in [1.82, 2.24) is 4.90 Å². The van der Waals surface area contributed by atoms with Crippen LogP contribution < -0.4 is 0 Å². The Morgan fingerprint density at radius 3 is 2.61 bits per heavy atom. The molecule has 0 spiro atoms. The number of carboxylic acid groups (broad SMARTS) is 1. The molecule has 0 aromatic carbocycles. The Labute approximate surface area is 109 Å². The SMILES string of the molecule is CC(=O)SCC(C)C(=O)N1C(=O)CC[C@H]1C(=O)O. The Morgan fingerprint density at radius 1 is 1.50 bits per heavy atom. The summed E-state index contributed by atoms with van der Waals surface area (Å²) < 4.78 is 0. The van der Waals surface area contributed by atoms with Crippen molar-refractivity contribution in [3.8, 4) is 0 Å². The molecule has 1 N–H and O–H groups in total. The number of hydrogen-bond acceptors (Lipinski definition) is 5. The van der Waals surface area contributed by atoms with Crippen LogP contribution in [0.5, 0.6) is 0 Å². The van der Waals surface area contributed by atoms with Gasteiger partial charge in [0.25, 0.3) is 0 Å². The lowest BCUT2D eigenvalue weighted by Crippen LogP contribution is -2.45. The molecule has 1 saturated heterocycles. The summed E-state index contributed by atoms with van der Waals surface area (Å²) in [4.78, 5) is 46.1. The molecule has 1 aliphatic heterocycles. The molecule has 2 amide bonds. The molecule has 2 atom stereocenters. The topological polar surface area (TPSA) is 91.8 Å². The van der Waals surface area contributed by atoms with Crippen LogP contribution in [0.1, 0.15) is 26.7 Å². The first-order chi connectivity index (χ1) is 8.34. The van der Waals surface area contributed by atoms with Gasteiger partial charge in [-0.15, -0.1) is 0 Å². The molecular formula is C11H15NO5S. The third-order valence-electron chi connectivity index (χ3n) is 2.69. The third-order valence-corrected chi connectivity index (χ3v) is 3.77. The third kappa shape index (κ3) is 3.32. The highest BCUT2D eigenvalue weighted by Crippen LogP contribution is 2.22. The van der Waals surface area contributed by atoms with Crippen LogP contribution in [-0.4, -0.2) is 44.7 Å². The molecule has 6 nitrogen and oxygen atoms in total. The highest BCUT2D eigenvalue weighted by molar-refractivity contribution is 8.13. The Kier molecular flexibility index (Phi) is 4.89. The van der Waals surface area contributed by atoms with Crippen LogP contribution in [0.4, 0.5) is 0 Å². The molecule has 0 aromatic heterocycles.